The first-order valence-electron chi connectivity index (χ1n) is 5.62. The van der Waals surface area contributed by atoms with Crippen LogP contribution in [0, 0.1) is 6.92 Å². The van der Waals surface area contributed by atoms with Crippen LogP contribution in [0.15, 0.2) is 41.1 Å². The number of thiophene rings is 1. The zero-order chi connectivity index (χ0) is 11.2. The highest BCUT2D eigenvalue weighted by atomic mass is 32.1. The lowest BCUT2D eigenvalue weighted by molar-refractivity contribution is 0.687. The summed E-state index contributed by atoms with van der Waals surface area (Å²) < 4.78 is 0. The van der Waals surface area contributed by atoms with E-state index in [0.29, 0.717) is 0 Å². The van der Waals surface area contributed by atoms with Crippen molar-refractivity contribution in [3.8, 4) is 0 Å². The molecule has 16 heavy (non-hydrogen) atoms. The number of nitrogens with one attached hydrogen (secondary N) is 1. The van der Waals surface area contributed by atoms with E-state index in [9.17, 15) is 0 Å². The zero-order valence-electron chi connectivity index (χ0n) is 9.57. The highest BCUT2D eigenvalue weighted by molar-refractivity contribution is 7.07. The van der Waals surface area contributed by atoms with Gasteiger partial charge in [0.05, 0.1) is 0 Å². The fraction of sp³-hybridized carbons (Fsp3) is 0.286. The van der Waals surface area contributed by atoms with Gasteiger partial charge in [0.1, 0.15) is 0 Å². The normalized spacial score (nSPS) is 10.6. The average Bonchev–Trinajstić information content (AvgIpc) is 2.77. The van der Waals surface area contributed by atoms with Crippen LogP contribution in [0.3, 0.4) is 0 Å². The highest BCUT2D eigenvalue weighted by Crippen LogP contribution is 2.06. The van der Waals surface area contributed by atoms with Gasteiger partial charge in [-0.15, -0.1) is 0 Å². The van der Waals surface area contributed by atoms with E-state index >= 15 is 0 Å². The Labute approximate surface area is 101 Å². The van der Waals surface area contributed by atoms with E-state index in [-0.39, 0.29) is 0 Å². The molecule has 1 N–H and O–H groups in total. The molecule has 0 spiro atoms. The SMILES string of the molecule is Cc1cccc(CNCCc2ccsc2)c1. The number of hydrogen-bond donors (Lipinski definition) is 1. The second-order valence-corrected chi connectivity index (χ2v) is 4.83. The van der Waals surface area contributed by atoms with Gasteiger partial charge in [0.25, 0.3) is 0 Å². The van der Waals surface area contributed by atoms with Gasteiger partial charge in [-0.3, -0.25) is 0 Å². The quantitative estimate of drug-likeness (QED) is 0.778. The lowest BCUT2D eigenvalue weighted by Gasteiger charge is -2.04. The minimum absolute atomic E-state index is 0.964. The summed E-state index contributed by atoms with van der Waals surface area (Å²) in [6.45, 7) is 4.14. The third-order valence-electron chi connectivity index (χ3n) is 2.58. The van der Waals surface area contributed by atoms with Gasteiger partial charge in [-0.25, -0.2) is 0 Å². The van der Waals surface area contributed by atoms with Crippen molar-refractivity contribution in [1.82, 2.24) is 5.32 Å². The molecule has 0 amide bonds. The molecule has 0 atom stereocenters. The lowest BCUT2D eigenvalue weighted by atomic mass is 10.1. The van der Waals surface area contributed by atoms with E-state index in [1.807, 2.05) is 0 Å². The molecule has 0 aliphatic carbocycles. The Hall–Kier alpha value is -1.12. The maximum absolute atomic E-state index is 3.47. The second kappa shape index (κ2) is 5.83. The maximum atomic E-state index is 3.47. The Bertz CT molecular complexity index is 420. The van der Waals surface area contributed by atoms with Crippen molar-refractivity contribution in [3.63, 3.8) is 0 Å². The van der Waals surface area contributed by atoms with Crippen molar-refractivity contribution >= 4 is 11.3 Å². The fourth-order valence-electron chi connectivity index (χ4n) is 1.72. The largest absolute Gasteiger partial charge is 0.312 e. The molecule has 0 bridgehead atoms. The molecule has 0 saturated carbocycles. The third-order valence-corrected chi connectivity index (χ3v) is 3.31. The molecular formula is C14H17NS. The second-order valence-electron chi connectivity index (χ2n) is 4.05. The van der Waals surface area contributed by atoms with Gasteiger partial charge < -0.3 is 5.32 Å². The van der Waals surface area contributed by atoms with E-state index in [1.165, 1.54) is 16.7 Å². The standard InChI is InChI=1S/C14H17NS/c1-12-3-2-4-14(9-12)10-15-7-5-13-6-8-16-11-13/h2-4,6,8-9,11,15H,5,7,10H2,1H3. The van der Waals surface area contributed by atoms with Gasteiger partial charge >= 0.3 is 0 Å². The summed E-state index contributed by atoms with van der Waals surface area (Å²) in [5.74, 6) is 0. The fourth-order valence-corrected chi connectivity index (χ4v) is 2.43. The smallest absolute Gasteiger partial charge is 0.0205 e. The minimum atomic E-state index is 0.964. The average molecular weight is 231 g/mol. The van der Waals surface area contributed by atoms with E-state index in [2.05, 4.69) is 53.3 Å². The first-order chi connectivity index (χ1) is 7.84. The Morgan fingerprint density at radius 2 is 2.12 bits per heavy atom. The molecule has 2 aromatic rings. The van der Waals surface area contributed by atoms with Crippen molar-refractivity contribution in [3.05, 3.63) is 57.8 Å². The van der Waals surface area contributed by atoms with E-state index in [1.54, 1.807) is 11.3 Å². The van der Waals surface area contributed by atoms with Crippen LogP contribution < -0.4 is 5.32 Å². The van der Waals surface area contributed by atoms with Crippen molar-refractivity contribution in [2.45, 2.75) is 19.9 Å². The van der Waals surface area contributed by atoms with Crippen LogP contribution in [0.4, 0.5) is 0 Å². The topological polar surface area (TPSA) is 12.0 Å². The van der Waals surface area contributed by atoms with Crippen molar-refractivity contribution < 1.29 is 0 Å². The zero-order valence-corrected chi connectivity index (χ0v) is 10.4. The summed E-state index contributed by atoms with van der Waals surface area (Å²) in [5.41, 5.74) is 4.13. The van der Waals surface area contributed by atoms with E-state index < -0.39 is 0 Å². The Morgan fingerprint density at radius 3 is 2.88 bits per heavy atom. The molecule has 0 aliphatic rings. The van der Waals surface area contributed by atoms with Crippen LogP contribution in [-0.2, 0) is 13.0 Å². The summed E-state index contributed by atoms with van der Waals surface area (Å²) in [4.78, 5) is 0. The van der Waals surface area contributed by atoms with Gasteiger partial charge in [0.2, 0.25) is 0 Å². The molecule has 0 fully saturated rings. The monoisotopic (exact) mass is 231 g/mol. The predicted molar refractivity (Wildman–Crippen MR) is 70.9 cm³/mol. The molecule has 1 aromatic carbocycles. The van der Waals surface area contributed by atoms with Crippen molar-refractivity contribution in [1.29, 1.82) is 0 Å². The van der Waals surface area contributed by atoms with Crippen LogP contribution in [-0.4, -0.2) is 6.54 Å². The molecule has 2 rings (SSSR count). The molecule has 0 saturated heterocycles. The van der Waals surface area contributed by atoms with E-state index in [4.69, 9.17) is 0 Å². The van der Waals surface area contributed by atoms with Gasteiger partial charge in [-0.1, -0.05) is 29.8 Å². The number of aryl methyl sites for hydroxylation is 1. The van der Waals surface area contributed by atoms with Crippen LogP contribution in [0.25, 0.3) is 0 Å². The summed E-state index contributed by atoms with van der Waals surface area (Å²) >= 11 is 1.77. The Balaban J connectivity index is 1.72. The molecule has 2 heteroatoms. The predicted octanol–water partition coefficient (Wildman–Crippen LogP) is 3.39. The number of rotatable bonds is 5. The molecule has 1 heterocycles. The van der Waals surface area contributed by atoms with Gasteiger partial charge in [0.15, 0.2) is 0 Å². The molecule has 0 aliphatic heterocycles. The first kappa shape index (κ1) is 11.4. The van der Waals surface area contributed by atoms with Crippen LogP contribution >= 0.6 is 11.3 Å². The minimum Gasteiger partial charge on any atom is -0.312 e. The van der Waals surface area contributed by atoms with Crippen molar-refractivity contribution in [2.75, 3.05) is 6.54 Å². The van der Waals surface area contributed by atoms with Gasteiger partial charge in [-0.2, -0.15) is 11.3 Å². The summed E-state index contributed by atoms with van der Waals surface area (Å²) in [6, 6.07) is 10.8. The van der Waals surface area contributed by atoms with Gasteiger partial charge in [0, 0.05) is 6.54 Å². The number of hydrogen-bond acceptors (Lipinski definition) is 2. The third kappa shape index (κ3) is 3.47. The van der Waals surface area contributed by atoms with Crippen molar-refractivity contribution in [2.24, 2.45) is 0 Å². The van der Waals surface area contributed by atoms with E-state index in [0.717, 1.165) is 19.5 Å². The molecule has 1 nitrogen and oxygen atoms in total. The molecule has 0 radical (unpaired) electrons. The highest BCUT2D eigenvalue weighted by Gasteiger charge is 1.94. The van der Waals surface area contributed by atoms with Crippen LogP contribution in [0.5, 0.6) is 0 Å². The Morgan fingerprint density at radius 1 is 1.19 bits per heavy atom. The first-order valence-corrected chi connectivity index (χ1v) is 6.56. The molecule has 1 aromatic heterocycles. The van der Waals surface area contributed by atoms with Gasteiger partial charge in [-0.05, 0) is 47.8 Å². The maximum Gasteiger partial charge on any atom is 0.0205 e. The summed E-state index contributed by atoms with van der Waals surface area (Å²) in [5, 5.41) is 7.82. The lowest BCUT2D eigenvalue weighted by Crippen LogP contribution is -2.16. The molecular weight excluding hydrogens is 214 g/mol. The summed E-state index contributed by atoms with van der Waals surface area (Å²) in [7, 11) is 0. The molecule has 0 unspecified atom stereocenters. The number of benzene rings is 1. The molecule has 84 valence electrons. The summed E-state index contributed by atoms with van der Waals surface area (Å²) in [6.07, 6.45) is 1.12. The Kier molecular flexibility index (Phi) is 4.14. The van der Waals surface area contributed by atoms with Crippen LogP contribution in [0.1, 0.15) is 16.7 Å². The van der Waals surface area contributed by atoms with Crippen LogP contribution in [0.2, 0.25) is 0 Å².